The second kappa shape index (κ2) is 7.08. The van der Waals surface area contributed by atoms with Crippen molar-refractivity contribution in [1.29, 1.82) is 0 Å². The second-order valence-electron chi connectivity index (χ2n) is 5.04. The van der Waals surface area contributed by atoms with E-state index >= 15 is 0 Å². The van der Waals surface area contributed by atoms with Crippen LogP contribution in [0.3, 0.4) is 0 Å². The van der Waals surface area contributed by atoms with Crippen LogP contribution in [0.1, 0.15) is 44.8 Å². The average molecular weight is 276 g/mol. The molecule has 0 amide bonds. The van der Waals surface area contributed by atoms with Crippen LogP contribution < -0.4 is 5.73 Å². The van der Waals surface area contributed by atoms with Gasteiger partial charge in [0.1, 0.15) is 11.6 Å². The van der Waals surface area contributed by atoms with Crippen molar-refractivity contribution in [2.24, 2.45) is 0 Å². The summed E-state index contributed by atoms with van der Waals surface area (Å²) in [5.74, 6) is 0.806. The fourth-order valence-electron chi connectivity index (χ4n) is 2.35. The van der Waals surface area contributed by atoms with Crippen molar-refractivity contribution in [3.8, 4) is 11.1 Å². The van der Waals surface area contributed by atoms with Crippen LogP contribution in [-0.2, 0) is 6.42 Å². The Balaban J connectivity index is 2.08. The van der Waals surface area contributed by atoms with Gasteiger partial charge in [0.05, 0.1) is 5.56 Å². The van der Waals surface area contributed by atoms with Crippen LogP contribution in [0.25, 0.3) is 11.1 Å². The zero-order valence-electron chi connectivity index (χ0n) is 11.9. The highest BCUT2D eigenvalue weighted by molar-refractivity contribution is 5.75. The van der Waals surface area contributed by atoms with Crippen molar-refractivity contribution in [2.75, 3.05) is 5.73 Å². The second-order valence-corrected chi connectivity index (χ2v) is 5.04. The first-order valence-corrected chi connectivity index (χ1v) is 7.22. The fourth-order valence-corrected chi connectivity index (χ4v) is 2.35. The first-order chi connectivity index (χ1) is 9.72. The normalized spacial score (nSPS) is 10.9. The minimum Gasteiger partial charge on any atom is -0.380 e. The molecule has 1 heterocycles. The zero-order valence-corrected chi connectivity index (χ0v) is 11.9. The molecular weight excluding hydrogens is 255 g/mol. The number of benzene rings is 1. The van der Waals surface area contributed by atoms with Crippen molar-refractivity contribution in [1.82, 2.24) is 5.16 Å². The first-order valence-electron chi connectivity index (χ1n) is 7.22. The Bertz CT molecular complexity index is 551. The number of aryl methyl sites for hydroxylation is 1. The highest BCUT2D eigenvalue weighted by Crippen LogP contribution is 2.31. The number of unbranched alkanes of at least 4 members (excludes halogenated alkanes) is 4. The molecule has 2 N–H and O–H groups in total. The molecule has 0 atom stereocenters. The molecule has 0 aliphatic heterocycles. The first kappa shape index (κ1) is 14.6. The molecule has 2 rings (SSSR count). The van der Waals surface area contributed by atoms with Gasteiger partial charge in [0.15, 0.2) is 5.82 Å². The molecule has 0 aliphatic rings. The lowest BCUT2D eigenvalue weighted by Gasteiger charge is -2.03. The summed E-state index contributed by atoms with van der Waals surface area (Å²) >= 11 is 0. The summed E-state index contributed by atoms with van der Waals surface area (Å²) in [6.07, 6.45) is 6.71. The molecule has 0 aliphatic carbocycles. The summed E-state index contributed by atoms with van der Waals surface area (Å²) in [4.78, 5) is 0. The molecule has 20 heavy (non-hydrogen) atoms. The summed E-state index contributed by atoms with van der Waals surface area (Å²) in [5.41, 5.74) is 7.31. The topological polar surface area (TPSA) is 52.0 Å². The van der Waals surface area contributed by atoms with Gasteiger partial charge in [-0.15, -0.1) is 0 Å². The molecule has 0 spiro atoms. The molecule has 3 nitrogen and oxygen atoms in total. The number of rotatable bonds is 7. The zero-order chi connectivity index (χ0) is 14.4. The number of hydrogen-bond acceptors (Lipinski definition) is 3. The molecule has 0 fully saturated rings. The van der Waals surface area contributed by atoms with Crippen LogP contribution in [-0.4, -0.2) is 5.16 Å². The van der Waals surface area contributed by atoms with E-state index in [2.05, 4.69) is 12.1 Å². The lowest BCUT2D eigenvalue weighted by Crippen LogP contribution is -1.92. The van der Waals surface area contributed by atoms with Gasteiger partial charge in [-0.2, -0.15) is 0 Å². The minimum atomic E-state index is -0.281. The summed E-state index contributed by atoms with van der Waals surface area (Å²) in [6, 6.07) is 6.37. The maximum absolute atomic E-state index is 13.3. The third kappa shape index (κ3) is 3.59. The van der Waals surface area contributed by atoms with Crippen LogP contribution >= 0.6 is 0 Å². The molecule has 1 aromatic heterocycles. The van der Waals surface area contributed by atoms with E-state index in [1.54, 1.807) is 6.07 Å². The van der Waals surface area contributed by atoms with Gasteiger partial charge in [-0.1, -0.05) is 49.9 Å². The monoisotopic (exact) mass is 276 g/mol. The van der Waals surface area contributed by atoms with Crippen LogP contribution in [0, 0.1) is 5.82 Å². The fraction of sp³-hybridized carbons (Fsp3) is 0.438. The molecule has 4 heteroatoms. The lowest BCUT2D eigenvalue weighted by atomic mass is 10.0. The Labute approximate surface area is 119 Å². The van der Waals surface area contributed by atoms with Crippen molar-refractivity contribution in [2.45, 2.75) is 45.4 Å². The molecule has 0 bridgehead atoms. The van der Waals surface area contributed by atoms with Gasteiger partial charge < -0.3 is 10.3 Å². The Morgan fingerprint density at radius 1 is 1.20 bits per heavy atom. The number of anilines is 1. The summed E-state index contributed by atoms with van der Waals surface area (Å²) in [7, 11) is 0. The highest BCUT2D eigenvalue weighted by Gasteiger charge is 2.15. The SMILES string of the molecule is CCCCCCCc1onc(N)c1-c1cccc(F)c1. The van der Waals surface area contributed by atoms with Gasteiger partial charge in [-0.3, -0.25) is 0 Å². The van der Waals surface area contributed by atoms with Gasteiger partial charge >= 0.3 is 0 Å². The van der Waals surface area contributed by atoms with Gasteiger partial charge in [-0.25, -0.2) is 4.39 Å². The number of nitrogens with two attached hydrogens (primary N) is 1. The van der Waals surface area contributed by atoms with E-state index in [4.69, 9.17) is 10.3 Å². The highest BCUT2D eigenvalue weighted by atomic mass is 19.1. The number of hydrogen-bond donors (Lipinski definition) is 1. The molecule has 0 unspecified atom stereocenters. The molecule has 108 valence electrons. The third-order valence-corrected chi connectivity index (χ3v) is 3.41. The van der Waals surface area contributed by atoms with Crippen LogP contribution in [0.4, 0.5) is 10.2 Å². The average Bonchev–Trinajstić information content (AvgIpc) is 2.80. The Morgan fingerprint density at radius 2 is 2.00 bits per heavy atom. The quantitative estimate of drug-likeness (QED) is 0.753. The maximum atomic E-state index is 13.3. The molecule has 2 aromatic rings. The van der Waals surface area contributed by atoms with Crippen molar-refractivity contribution in [3.05, 3.63) is 35.8 Å². The molecule has 0 saturated heterocycles. The number of halogens is 1. The Kier molecular flexibility index (Phi) is 5.16. The van der Waals surface area contributed by atoms with E-state index < -0.39 is 0 Å². The van der Waals surface area contributed by atoms with E-state index in [1.807, 2.05) is 6.07 Å². The lowest BCUT2D eigenvalue weighted by molar-refractivity contribution is 0.381. The third-order valence-electron chi connectivity index (χ3n) is 3.41. The van der Waals surface area contributed by atoms with Crippen molar-refractivity contribution < 1.29 is 8.91 Å². The van der Waals surface area contributed by atoms with E-state index in [-0.39, 0.29) is 5.82 Å². The van der Waals surface area contributed by atoms with Gasteiger partial charge in [-0.05, 0) is 24.1 Å². The van der Waals surface area contributed by atoms with Gasteiger partial charge in [0, 0.05) is 6.42 Å². The molecular formula is C16H21FN2O. The summed E-state index contributed by atoms with van der Waals surface area (Å²) in [5, 5.41) is 3.82. The summed E-state index contributed by atoms with van der Waals surface area (Å²) in [6.45, 7) is 2.19. The van der Waals surface area contributed by atoms with Crippen molar-refractivity contribution >= 4 is 5.82 Å². The van der Waals surface area contributed by atoms with E-state index in [0.29, 0.717) is 5.82 Å². The molecule has 0 radical (unpaired) electrons. The van der Waals surface area contributed by atoms with Gasteiger partial charge in [0.2, 0.25) is 0 Å². The van der Waals surface area contributed by atoms with Gasteiger partial charge in [0.25, 0.3) is 0 Å². The minimum absolute atomic E-state index is 0.281. The maximum Gasteiger partial charge on any atom is 0.175 e. The van der Waals surface area contributed by atoms with Crippen LogP contribution in [0.5, 0.6) is 0 Å². The Morgan fingerprint density at radius 3 is 2.75 bits per heavy atom. The van der Waals surface area contributed by atoms with E-state index in [1.165, 1.54) is 31.4 Å². The van der Waals surface area contributed by atoms with Crippen molar-refractivity contribution in [3.63, 3.8) is 0 Å². The largest absolute Gasteiger partial charge is 0.380 e. The summed E-state index contributed by atoms with van der Waals surface area (Å²) < 4.78 is 18.6. The number of aromatic nitrogens is 1. The standard InChI is InChI=1S/C16H21FN2O/c1-2-3-4-5-6-10-14-15(16(18)19-20-14)12-8-7-9-13(17)11-12/h7-9,11H,2-6,10H2,1H3,(H2,18,19). The predicted molar refractivity (Wildman–Crippen MR) is 78.8 cm³/mol. The predicted octanol–water partition coefficient (Wildman–Crippen LogP) is 4.58. The number of nitrogen functional groups attached to an aromatic ring is 1. The van der Waals surface area contributed by atoms with E-state index in [9.17, 15) is 4.39 Å². The van der Waals surface area contributed by atoms with Crippen LogP contribution in [0.15, 0.2) is 28.8 Å². The Hall–Kier alpha value is -1.84. The number of nitrogens with zero attached hydrogens (tertiary/aromatic N) is 1. The molecule has 0 saturated carbocycles. The smallest absolute Gasteiger partial charge is 0.175 e. The van der Waals surface area contributed by atoms with E-state index in [0.717, 1.165) is 36.1 Å². The van der Waals surface area contributed by atoms with Crippen LogP contribution in [0.2, 0.25) is 0 Å². The molecule has 1 aromatic carbocycles.